The van der Waals surface area contributed by atoms with Crippen LogP contribution in [-0.2, 0) is 26.5 Å². The minimum Gasteiger partial charge on any atom is -0.509 e. The molecule has 0 bridgehead atoms. The summed E-state index contributed by atoms with van der Waals surface area (Å²) in [7, 11) is 0. The van der Waals surface area contributed by atoms with E-state index in [1.165, 1.54) is 38.9 Å². The van der Waals surface area contributed by atoms with Crippen LogP contribution in [0.4, 0.5) is 0 Å². The summed E-state index contributed by atoms with van der Waals surface area (Å²) in [5.41, 5.74) is 17.6. The first-order valence-corrected chi connectivity index (χ1v) is 18.7. The third-order valence-electron chi connectivity index (χ3n) is 11.4. The fourth-order valence-corrected chi connectivity index (χ4v) is 7.97. The second-order valence-electron chi connectivity index (χ2n) is 15.6. The fraction of sp³-hybridized carbons (Fsp3) is 0.224. The number of aryl methyl sites for hydroxylation is 1. The zero-order valence-electron chi connectivity index (χ0n) is 33.3. The van der Waals surface area contributed by atoms with Crippen molar-refractivity contribution in [3.63, 3.8) is 0 Å². The van der Waals surface area contributed by atoms with Crippen molar-refractivity contribution in [2.24, 2.45) is 0 Å². The van der Waals surface area contributed by atoms with Crippen molar-refractivity contribution < 1.29 is 25.8 Å². The van der Waals surface area contributed by atoms with Gasteiger partial charge in [-0.15, -0.1) is 35.7 Å². The Labute approximate surface area is 339 Å². The third kappa shape index (κ3) is 6.63. The van der Waals surface area contributed by atoms with E-state index in [2.05, 4.69) is 153 Å². The van der Waals surface area contributed by atoms with Crippen molar-refractivity contribution in [1.82, 2.24) is 19.3 Å². The van der Waals surface area contributed by atoms with E-state index in [9.17, 15) is 0 Å². The van der Waals surface area contributed by atoms with Crippen LogP contribution in [0.3, 0.4) is 0 Å². The molecule has 0 aliphatic rings. The van der Waals surface area contributed by atoms with Crippen molar-refractivity contribution in [3.8, 4) is 45.3 Å². The number of hydrogen-bond donors (Lipinski definition) is 0. The van der Waals surface area contributed by atoms with Gasteiger partial charge in [0.2, 0.25) is 0 Å². The summed E-state index contributed by atoms with van der Waals surface area (Å²) in [6.07, 6.45) is 1.92. The molecule has 6 heteroatoms. The Morgan fingerprint density at radius 2 is 1.29 bits per heavy atom. The van der Waals surface area contributed by atoms with Crippen molar-refractivity contribution in [2.45, 2.75) is 74.7 Å². The number of para-hydroxylation sites is 1. The van der Waals surface area contributed by atoms with Gasteiger partial charge in [0, 0.05) is 34.5 Å². The first-order valence-electron chi connectivity index (χ1n) is 18.7. The summed E-state index contributed by atoms with van der Waals surface area (Å²) in [5, 5.41) is 7.18. The molecule has 0 fully saturated rings. The van der Waals surface area contributed by atoms with Gasteiger partial charge in [0.25, 0.3) is 0 Å². The molecule has 55 heavy (non-hydrogen) atoms. The van der Waals surface area contributed by atoms with Gasteiger partial charge in [0.05, 0.1) is 5.69 Å². The second kappa shape index (κ2) is 14.4. The summed E-state index contributed by atoms with van der Waals surface area (Å²) in [5.74, 6) is 2.02. The topological polar surface area (TPSA) is 44.9 Å². The molecular formula is C49H46N4OPt. The molecule has 278 valence electrons. The number of nitrogens with zero attached hydrogens (tertiary/aromatic N) is 4. The van der Waals surface area contributed by atoms with E-state index in [-0.39, 0.29) is 26.5 Å². The molecule has 5 aromatic carbocycles. The van der Waals surface area contributed by atoms with Gasteiger partial charge >= 0.3 is 21.1 Å². The summed E-state index contributed by atoms with van der Waals surface area (Å²) in [4.78, 5) is 4.93. The van der Waals surface area contributed by atoms with Gasteiger partial charge in [-0.3, -0.25) is 4.68 Å². The maximum atomic E-state index is 6.52. The summed E-state index contributed by atoms with van der Waals surface area (Å²) >= 11 is 0. The molecule has 0 aliphatic heterocycles. The van der Waals surface area contributed by atoms with E-state index in [1.807, 2.05) is 35.1 Å². The van der Waals surface area contributed by atoms with E-state index >= 15 is 0 Å². The molecule has 8 aromatic rings. The number of fused-ring (bicyclic) bond motifs is 3. The average Bonchev–Trinajstić information content (AvgIpc) is 3.65. The van der Waals surface area contributed by atoms with E-state index in [1.54, 1.807) is 0 Å². The predicted octanol–water partition coefficient (Wildman–Crippen LogP) is 12.5. The Hall–Kier alpha value is -5.25. The van der Waals surface area contributed by atoms with E-state index in [4.69, 9.17) is 14.8 Å². The maximum absolute atomic E-state index is 6.52. The summed E-state index contributed by atoms with van der Waals surface area (Å²) < 4.78 is 10.7. The normalized spacial score (nSPS) is 11.7. The van der Waals surface area contributed by atoms with Gasteiger partial charge in [0.1, 0.15) is 5.82 Å². The minimum absolute atomic E-state index is 0. The van der Waals surface area contributed by atoms with Crippen LogP contribution in [0.1, 0.15) is 65.5 Å². The van der Waals surface area contributed by atoms with Gasteiger partial charge in [-0.05, 0) is 133 Å². The van der Waals surface area contributed by atoms with Crippen LogP contribution < -0.4 is 4.74 Å². The second-order valence-corrected chi connectivity index (χ2v) is 15.6. The molecule has 0 radical (unpaired) electrons. The molecule has 8 rings (SSSR count). The standard InChI is InChI=1S/C49H46N4O.Pt/c1-29-30(2)32(4)47(33(5)31(29)3)37-24-25-50-46(26-37)52-44-17-12-11-16-42(44)43-23-22-41(28-45(43)52)54-40-15-13-14-39(27-40)53-35(7)48(34(6)51-53)36-18-20-38(21-19-36)49(8,9)10;/h11-26H,1-10H3;/q-2;+2. The molecule has 0 amide bonds. The van der Waals surface area contributed by atoms with Crippen LogP contribution in [0, 0.1) is 60.6 Å². The smallest absolute Gasteiger partial charge is 0.509 e. The van der Waals surface area contributed by atoms with Crippen LogP contribution in [-0.4, -0.2) is 19.3 Å². The molecule has 0 aliphatic carbocycles. The Balaban J connectivity index is 0.00000465. The van der Waals surface area contributed by atoms with Crippen LogP contribution in [0.15, 0.2) is 97.2 Å². The number of rotatable bonds is 6. The number of benzene rings is 5. The largest absolute Gasteiger partial charge is 2.00 e. The molecule has 3 heterocycles. The van der Waals surface area contributed by atoms with Crippen LogP contribution >= 0.6 is 0 Å². The molecule has 0 atom stereocenters. The van der Waals surface area contributed by atoms with E-state index in [0.717, 1.165) is 61.4 Å². The molecule has 0 saturated heterocycles. The van der Waals surface area contributed by atoms with Gasteiger partial charge in [-0.1, -0.05) is 68.8 Å². The summed E-state index contributed by atoms with van der Waals surface area (Å²) in [6, 6.07) is 38.8. The average molecular weight is 902 g/mol. The van der Waals surface area contributed by atoms with Gasteiger partial charge in [0.15, 0.2) is 0 Å². The molecule has 0 N–H and O–H groups in total. The molecule has 0 unspecified atom stereocenters. The number of pyridine rings is 1. The predicted molar refractivity (Wildman–Crippen MR) is 223 cm³/mol. The minimum atomic E-state index is 0. The van der Waals surface area contributed by atoms with Crippen molar-refractivity contribution in [1.29, 1.82) is 0 Å². The summed E-state index contributed by atoms with van der Waals surface area (Å²) in [6.45, 7) is 22.0. The first-order chi connectivity index (χ1) is 25.8. The molecule has 0 saturated carbocycles. The van der Waals surface area contributed by atoms with Crippen molar-refractivity contribution in [3.05, 3.63) is 154 Å². The number of aromatic nitrogens is 4. The van der Waals surface area contributed by atoms with Gasteiger partial charge < -0.3 is 9.30 Å². The van der Waals surface area contributed by atoms with Gasteiger partial charge in [-0.25, -0.2) is 4.98 Å². The molecule has 0 spiro atoms. The molecule has 5 nitrogen and oxygen atoms in total. The Bertz CT molecular complexity index is 2720. The SMILES string of the molecule is Cc1nn(-c2[c-]c(Oc3[c-]c4c(cc3)c3ccccc3n4-c3cc(-c4c(C)c(C)c(C)c(C)c4C)ccn3)ccc2)c(C)c1-c1ccc(C(C)(C)C)cc1.[Pt+2]. The van der Waals surface area contributed by atoms with Crippen molar-refractivity contribution in [2.75, 3.05) is 0 Å². The molecular weight excluding hydrogens is 856 g/mol. The number of hydrogen-bond acceptors (Lipinski definition) is 3. The fourth-order valence-electron chi connectivity index (χ4n) is 7.97. The quantitative estimate of drug-likeness (QED) is 0.156. The monoisotopic (exact) mass is 901 g/mol. The van der Waals surface area contributed by atoms with Crippen molar-refractivity contribution >= 4 is 21.8 Å². The van der Waals surface area contributed by atoms with Gasteiger partial charge in [-0.2, -0.15) is 17.2 Å². The zero-order valence-corrected chi connectivity index (χ0v) is 35.5. The van der Waals surface area contributed by atoms with E-state index < -0.39 is 0 Å². The zero-order chi connectivity index (χ0) is 38.1. The number of ether oxygens (including phenoxy) is 1. The Morgan fingerprint density at radius 1 is 0.618 bits per heavy atom. The maximum Gasteiger partial charge on any atom is 2.00 e. The third-order valence-corrected chi connectivity index (χ3v) is 11.4. The van der Waals surface area contributed by atoms with Crippen LogP contribution in [0.5, 0.6) is 11.5 Å². The van der Waals surface area contributed by atoms with E-state index in [0.29, 0.717) is 11.5 Å². The molecule has 3 aromatic heterocycles. The van der Waals surface area contributed by atoms with Crippen LogP contribution in [0.25, 0.3) is 55.6 Å². The van der Waals surface area contributed by atoms with Crippen LogP contribution in [0.2, 0.25) is 0 Å². The first kappa shape index (κ1) is 38.0. The Kier molecular flexibility index (Phi) is 9.98. The Morgan fingerprint density at radius 3 is 2.00 bits per heavy atom.